The zero-order valence-electron chi connectivity index (χ0n) is 18.5. The number of piperidine rings is 1. The summed E-state index contributed by atoms with van der Waals surface area (Å²) in [7, 11) is 0. The number of hydrogen-bond donors (Lipinski definition) is 0. The minimum Gasteiger partial charge on any atom is -0.330 e. The average molecular weight is 419 g/mol. The van der Waals surface area contributed by atoms with Gasteiger partial charge in [-0.3, -0.25) is 14.5 Å². The fourth-order valence-electron chi connectivity index (χ4n) is 4.14. The van der Waals surface area contributed by atoms with E-state index in [-0.39, 0.29) is 18.0 Å². The van der Waals surface area contributed by atoms with Gasteiger partial charge in [0.2, 0.25) is 0 Å². The Labute approximate surface area is 183 Å². The number of aromatic nitrogens is 5. The third-order valence-corrected chi connectivity index (χ3v) is 5.79. The lowest BCUT2D eigenvalue weighted by molar-refractivity contribution is 0.0606. The van der Waals surface area contributed by atoms with Crippen molar-refractivity contribution in [3.8, 4) is 11.1 Å². The number of carbonyl (C=O) groups excluding carboxylic acids is 1. The van der Waals surface area contributed by atoms with Gasteiger partial charge in [-0.05, 0) is 57.2 Å². The molecule has 0 aromatic carbocycles. The number of rotatable bonds is 6. The Morgan fingerprint density at radius 1 is 1.19 bits per heavy atom. The highest BCUT2D eigenvalue weighted by Crippen LogP contribution is 2.36. The molecule has 4 rings (SSSR count). The van der Waals surface area contributed by atoms with Crippen molar-refractivity contribution in [1.29, 1.82) is 0 Å². The summed E-state index contributed by atoms with van der Waals surface area (Å²) >= 11 is 0. The van der Waals surface area contributed by atoms with Crippen molar-refractivity contribution in [3.05, 3.63) is 60.2 Å². The lowest BCUT2D eigenvalue weighted by atomic mass is 9.93. The summed E-state index contributed by atoms with van der Waals surface area (Å²) in [5, 5.41) is 4.37. The standard InChI is InChI=1S/C24H30N6O/c1-4-7-22-26-15-20(18-9-11-25-12-10-18)23(28-22)21-8-5-6-13-29(21)24(31)19-14-27-30(16-19)17(2)3/h9-12,14-17,21H,4-8,13H2,1-3H3. The molecule has 0 spiro atoms. The molecule has 0 aliphatic carbocycles. The molecular formula is C24H30N6O. The van der Waals surface area contributed by atoms with E-state index in [4.69, 9.17) is 4.98 Å². The Bertz CT molecular complexity index is 1030. The molecule has 7 nitrogen and oxygen atoms in total. The molecule has 1 fully saturated rings. The van der Waals surface area contributed by atoms with Crippen LogP contribution in [0.2, 0.25) is 0 Å². The molecule has 0 saturated carbocycles. The van der Waals surface area contributed by atoms with Crippen LogP contribution in [0.25, 0.3) is 11.1 Å². The van der Waals surface area contributed by atoms with Crippen LogP contribution in [-0.4, -0.2) is 42.1 Å². The van der Waals surface area contributed by atoms with Gasteiger partial charge < -0.3 is 4.90 Å². The Kier molecular flexibility index (Phi) is 6.39. The second-order valence-electron chi connectivity index (χ2n) is 8.38. The fraction of sp³-hybridized carbons (Fsp3) is 0.458. The monoisotopic (exact) mass is 418 g/mol. The van der Waals surface area contributed by atoms with Gasteiger partial charge >= 0.3 is 0 Å². The van der Waals surface area contributed by atoms with Gasteiger partial charge in [0.15, 0.2) is 0 Å². The summed E-state index contributed by atoms with van der Waals surface area (Å²) < 4.78 is 1.83. The Morgan fingerprint density at radius 3 is 2.71 bits per heavy atom. The smallest absolute Gasteiger partial charge is 0.257 e. The summed E-state index contributed by atoms with van der Waals surface area (Å²) in [6.07, 6.45) is 13.8. The molecule has 7 heteroatoms. The number of hydrogen-bond acceptors (Lipinski definition) is 5. The van der Waals surface area contributed by atoms with Crippen molar-refractivity contribution in [3.63, 3.8) is 0 Å². The highest BCUT2D eigenvalue weighted by atomic mass is 16.2. The normalized spacial score (nSPS) is 16.6. The molecule has 1 aliphatic rings. The molecule has 1 atom stereocenters. The van der Waals surface area contributed by atoms with Gasteiger partial charge in [0.25, 0.3) is 5.91 Å². The van der Waals surface area contributed by atoms with E-state index < -0.39 is 0 Å². The Hall–Kier alpha value is -3.09. The second-order valence-corrected chi connectivity index (χ2v) is 8.38. The number of carbonyl (C=O) groups is 1. The van der Waals surface area contributed by atoms with Crippen molar-refractivity contribution < 1.29 is 4.79 Å². The van der Waals surface area contributed by atoms with Crippen LogP contribution in [0.4, 0.5) is 0 Å². The first-order valence-corrected chi connectivity index (χ1v) is 11.2. The van der Waals surface area contributed by atoms with Gasteiger partial charge in [-0.15, -0.1) is 0 Å². The van der Waals surface area contributed by atoms with Crippen molar-refractivity contribution in [2.45, 2.75) is 65.0 Å². The summed E-state index contributed by atoms with van der Waals surface area (Å²) in [4.78, 5) is 29.2. The van der Waals surface area contributed by atoms with Crippen LogP contribution in [0.5, 0.6) is 0 Å². The van der Waals surface area contributed by atoms with Gasteiger partial charge in [-0.2, -0.15) is 5.10 Å². The molecule has 162 valence electrons. The first-order chi connectivity index (χ1) is 15.1. The number of pyridine rings is 1. The number of likely N-dealkylation sites (tertiary alicyclic amines) is 1. The van der Waals surface area contributed by atoms with Crippen LogP contribution >= 0.6 is 0 Å². The van der Waals surface area contributed by atoms with Gasteiger partial charge in [-0.25, -0.2) is 9.97 Å². The van der Waals surface area contributed by atoms with Gasteiger partial charge in [0, 0.05) is 49.4 Å². The molecule has 1 saturated heterocycles. The van der Waals surface area contributed by atoms with E-state index in [1.165, 1.54) is 0 Å². The number of aryl methyl sites for hydroxylation is 1. The molecule has 3 aromatic rings. The van der Waals surface area contributed by atoms with Crippen molar-refractivity contribution in [2.75, 3.05) is 6.54 Å². The van der Waals surface area contributed by atoms with Gasteiger partial charge in [-0.1, -0.05) is 6.92 Å². The molecule has 1 unspecified atom stereocenters. The predicted molar refractivity (Wildman–Crippen MR) is 119 cm³/mol. The SMILES string of the molecule is CCCc1ncc(-c2ccncc2)c(C2CCCCN2C(=O)c2cnn(C(C)C)c2)n1. The van der Waals surface area contributed by atoms with Crippen LogP contribution in [0, 0.1) is 0 Å². The van der Waals surface area contributed by atoms with E-state index in [0.29, 0.717) is 5.56 Å². The summed E-state index contributed by atoms with van der Waals surface area (Å²) in [6.45, 7) is 6.96. The van der Waals surface area contributed by atoms with Crippen LogP contribution in [0.3, 0.4) is 0 Å². The number of amides is 1. The molecule has 0 radical (unpaired) electrons. The third-order valence-electron chi connectivity index (χ3n) is 5.79. The van der Waals surface area contributed by atoms with Crippen molar-refractivity contribution in [1.82, 2.24) is 29.6 Å². The minimum atomic E-state index is -0.0783. The zero-order chi connectivity index (χ0) is 21.8. The van der Waals surface area contributed by atoms with Crippen molar-refractivity contribution in [2.24, 2.45) is 0 Å². The second kappa shape index (κ2) is 9.37. The molecular weight excluding hydrogens is 388 g/mol. The van der Waals surface area contributed by atoms with E-state index in [1.54, 1.807) is 18.6 Å². The minimum absolute atomic E-state index is 0.0212. The average Bonchev–Trinajstić information content (AvgIpc) is 3.30. The highest BCUT2D eigenvalue weighted by molar-refractivity contribution is 5.94. The maximum atomic E-state index is 13.5. The van der Waals surface area contributed by atoms with E-state index in [1.807, 2.05) is 34.1 Å². The third kappa shape index (κ3) is 4.50. The van der Waals surface area contributed by atoms with Crippen LogP contribution in [0.1, 0.15) is 80.4 Å². The Balaban J connectivity index is 1.74. The van der Waals surface area contributed by atoms with Crippen LogP contribution < -0.4 is 0 Å². The summed E-state index contributed by atoms with van der Waals surface area (Å²) in [5.74, 6) is 0.855. The predicted octanol–water partition coefficient (Wildman–Crippen LogP) is 4.64. The van der Waals surface area contributed by atoms with Gasteiger partial charge in [0.1, 0.15) is 5.82 Å². The fourth-order valence-corrected chi connectivity index (χ4v) is 4.14. The van der Waals surface area contributed by atoms with E-state index >= 15 is 0 Å². The largest absolute Gasteiger partial charge is 0.330 e. The first-order valence-electron chi connectivity index (χ1n) is 11.2. The Morgan fingerprint density at radius 2 is 2.00 bits per heavy atom. The van der Waals surface area contributed by atoms with E-state index in [9.17, 15) is 4.79 Å². The maximum absolute atomic E-state index is 13.5. The topological polar surface area (TPSA) is 76.8 Å². The molecule has 0 N–H and O–H groups in total. The molecule has 1 aliphatic heterocycles. The summed E-state index contributed by atoms with van der Waals surface area (Å²) in [6, 6.07) is 4.09. The van der Waals surface area contributed by atoms with E-state index in [2.05, 4.69) is 35.8 Å². The first kappa shape index (κ1) is 21.2. The molecule has 31 heavy (non-hydrogen) atoms. The molecule has 0 bridgehead atoms. The van der Waals surface area contributed by atoms with Crippen molar-refractivity contribution >= 4 is 5.91 Å². The highest BCUT2D eigenvalue weighted by Gasteiger charge is 2.32. The molecule has 4 heterocycles. The quantitative estimate of drug-likeness (QED) is 0.583. The van der Waals surface area contributed by atoms with E-state index in [0.717, 1.165) is 61.3 Å². The maximum Gasteiger partial charge on any atom is 0.257 e. The molecule has 1 amide bonds. The van der Waals surface area contributed by atoms with Crippen LogP contribution in [0.15, 0.2) is 43.1 Å². The van der Waals surface area contributed by atoms with Gasteiger partial charge in [0.05, 0.1) is 23.5 Å². The number of nitrogens with zero attached hydrogens (tertiary/aromatic N) is 6. The lowest BCUT2D eigenvalue weighted by Gasteiger charge is -2.36. The van der Waals surface area contributed by atoms with Crippen LogP contribution in [-0.2, 0) is 6.42 Å². The zero-order valence-corrected chi connectivity index (χ0v) is 18.5. The summed E-state index contributed by atoms with van der Waals surface area (Å²) in [5.41, 5.74) is 3.58. The molecule has 3 aromatic heterocycles. The lowest BCUT2D eigenvalue weighted by Crippen LogP contribution is -2.39.